The maximum Gasteiger partial charge on any atom is 0.227 e. The average molecular weight is 373 g/mol. The van der Waals surface area contributed by atoms with Gasteiger partial charge in [-0.3, -0.25) is 0 Å². The Bertz CT molecular complexity index is 1260. The number of anilines is 2. The molecular formula is C21H13ClN4O. The van der Waals surface area contributed by atoms with Crippen LogP contribution in [0.5, 0.6) is 0 Å². The summed E-state index contributed by atoms with van der Waals surface area (Å²) in [5.41, 5.74) is 4.12. The van der Waals surface area contributed by atoms with E-state index in [1.165, 1.54) is 0 Å². The van der Waals surface area contributed by atoms with E-state index in [2.05, 4.69) is 20.3 Å². The summed E-state index contributed by atoms with van der Waals surface area (Å²) in [4.78, 5) is 13.2. The molecule has 27 heavy (non-hydrogen) atoms. The van der Waals surface area contributed by atoms with E-state index in [1.807, 2.05) is 66.7 Å². The maximum atomic E-state index is 5.95. The minimum absolute atomic E-state index is 0.561. The van der Waals surface area contributed by atoms with Crippen molar-refractivity contribution in [3.05, 3.63) is 78.1 Å². The van der Waals surface area contributed by atoms with Gasteiger partial charge < -0.3 is 9.73 Å². The number of aromatic nitrogens is 3. The Balaban J connectivity index is 1.52. The van der Waals surface area contributed by atoms with Crippen molar-refractivity contribution in [1.29, 1.82) is 0 Å². The van der Waals surface area contributed by atoms with Crippen molar-refractivity contribution in [3.63, 3.8) is 0 Å². The summed E-state index contributed by atoms with van der Waals surface area (Å²) in [6.07, 6.45) is 1.55. The van der Waals surface area contributed by atoms with Crippen molar-refractivity contribution in [1.82, 2.24) is 15.0 Å². The SMILES string of the molecule is Clc1ccc(-c2nc3ccc(Nc4ncnc5ccccc45)cc3o2)cc1. The molecule has 0 unspecified atom stereocenters. The van der Waals surface area contributed by atoms with Gasteiger partial charge in [0.15, 0.2) is 5.58 Å². The highest BCUT2D eigenvalue weighted by Gasteiger charge is 2.10. The van der Waals surface area contributed by atoms with Crippen LogP contribution in [0.2, 0.25) is 5.02 Å². The Morgan fingerprint density at radius 1 is 0.852 bits per heavy atom. The molecule has 2 heterocycles. The van der Waals surface area contributed by atoms with E-state index < -0.39 is 0 Å². The van der Waals surface area contributed by atoms with E-state index in [0.717, 1.165) is 33.5 Å². The lowest BCUT2D eigenvalue weighted by Crippen LogP contribution is -1.95. The molecule has 0 saturated heterocycles. The number of halogens is 1. The van der Waals surface area contributed by atoms with Crippen LogP contribution in [0, 0.1) is 0 Å². The summed E-state index contributed by atoms with van der Waals surface area (Å²) in [6.45, 7) is 0. The van der Waals surface area contributed by atoms with Crippen LogP contribution in [0.1, 0.15) is 0 Å². The van der Waals surface area contributed by atoms with Crippen LogP contribution in [-0.2, 0) is 0 Å². The zero-order valence-corrected chi connectivity index (χ0v) is 14.8. The minimum atomic E-state index is 0.561. The normalized spacial score (nSPS) is 11.1. The Kier molecular flexibility index (Phi) is 3.73. The smallest absolute Gasteiger partial charge is 0.227 e. The van der Waals surface area contributed by atoms with Crippen LogP contribution < -0.4 is 5.32 Å². The summed E-state index contributed by atoms with van der Waals surface area (Å²) in [7, 11) is 0. The molecule has 5 aromatic rings. The molecule has 0 amide bonds. The second-order valence-corrected chi connectivity index (χ2v) is 6.51. The average Bonchev–Trinajstić information content (AvgIpc) is 3.12. The predicted octanol–water partition coefficient (Wildman–Crippen LogP) is 5.84. The molecular weight excluding hydrogens is 360 g/mol. The molecule has 6 heteroatoms. The van der Waals surface area contributed by atoms with Gasteiger partial charge in [-0.1, -0.05) is 23.7 Å². The van der Waals surface area contributed by atoms with Crippen LogP contribution in [0.4, 0.5) is 11.5 Å². The number of nitrogens with one attached hydrogen (secondary N) is 1. The topological polar surface area (TPSA) is 63.8 Å². The third-order valence-electron chi connectivity index (χ3n) is 4.29. The van der Waals surface area contributed by atoms with Gasteiger partial charge in [0.1, 0.15) is 17.7 Å². The number of fused-ring (bicyclic) bond motifs is 2. The van der Waals surface area contributed by atoms with Crippen molar-refractivity contribution in [3.8, 4) is 11.5 Å². The van der Waals surface area contributed by atoms with E-state index in [1.54, 1.807) is 6.33 Å². The highest BCUT2D eigenvalue weighted by atomic mass is 35.5. The molecule has 130 valence electrons. The Hall–Kier alpha value is -3.44. The van der Waals surface area contributed by atoms with Crippen LogP contribution in [-0.4, -0.2) is 15.0 Å². The van der Waals surface area contributed by atoms with E-state index in [9.17, 15) is 0 Å². The van der Waals surface area contributed by atoms with Crippen molar-refractivity contribution < 1.29 is 4.42 Å². The lowest BCUT2D eigenvalue weighted by molar-refractivity contribution is 0.620. The maximum absolute atomic E-state index is 5.95. The standard InChI is InChI=1S/C21H13ClN4O/c22-14-7-5-13(6-8-14)21-26-18-10-9-15(11-19(18)27-21)25-20-16-3-1-2-4-17(16)23-12-24-20/h1-12H,(H,23,24,25). The lowest BCUT2D eigenvalue weighted by Gasteiger charge is -2.07. The fourth-order valence-electron chi connectivity index (χ4n) is 2.96. The number of nitrogens with zero attached hydrogens (tertiary/aromatic N) is 3. The molecule has 0 fully saturated rings. The number of oxazole rings is 1. The third-order valence-corrected chi connectivity index (χ3v) is 4.54. The van der Waals surface area contributed by atoms with Gasteiger partial charge in [0.2, 0.25) is 5.89 Å². The van der Waals surface area contributed by atoms with Crippen molar-refractivity contribution in [2.45, 2.75) is 0 Å². The van der Waals surface area contributed by atoms with Gasteiger partial charge in [-0.2, -0.15) is 0 Å². The number of benzene rings is 3. The van der Waals surface area contributed by atoms with Crippen LogP contribution in [0.15, 0.2) is 77.5 Å². The Morgan fingerprint density at radius 2 is 1.70 bits per heavy atom. The molecule has 0 aliphatic rings. The second kappa shape index (κ2) is 6.37. The molecule has 3 aromatic carbocycles. The number of rotatable bonds is 3. The van der Waals surface area contributed by atoms with Gasteiger partial charge in [0.05, 0.1) is 5.52 Å². The second-order valence-electron chi connectivity index (χ2n) is 6.07. The Morgan fingerprint density at radius 3 is 2.59 bits per heavy atom. The summed E-state index contributed by atoms with van der Waals surface area (Å²) in [6, 6.07) is 21.1. The summed E-state index contributed by atoms with van der Waals surface area (Å²) in [5, 5.41) is 4.98. The van der Waals surface area contributed by atoms with Crippen molar-refractivity contribution in [2.75, 3.05) is 5.32 Å². The van der Waals surface area contributed by atoms with Gasteiger partial charge in [-0.15, -0.1) is 0 Å². The number of hydrogen-bond donors (Lipinski definition) is 1. The largest absolute Gasteiger partial charge is 0.436 e. The summed E-state index contributed by atoms with van der Waals surface area (Å²) < 4.78 is 5.93. The van der Waals surface area contributed by atoms with Crippen LogP contribution >= 0.6 is 11.6 Å². The van der Waals surface area contributed by atoms with Gasteiger partial charge in [0, 0.05) is 27.7 Å². The molecule has 0 aliphatic heterocycles. The molecule has 0 atom stereocenters. The molecule has 0 saturated carbocycles. The molecule has 0 bridgehead atoms. The van der Waals surface area contributed by atoms with Gasteiger partial charge in [0.25, 0.3) is 0 Å². The van der Waals surface area contributed by atoms with Gasteiger partial charge >= 0.3 is 0 Å². The lowest BCUT2D eigenvalue weighted by atomic mass is 10.2. The molecule has 5 rings (SSSR count). The first kappa shape index (κ1) is 15.8. The van der Waals surface area contributed by atoms with Crippen LogP contribution in [0.3, 0.4) is 0 Å². The predicted molar refractivity (Wildman–Crippen MR) is 107 cm³/mol. The first-order chi connectivity index (χ1) is 13.3. The zero-order valence-electron chi connectivity index (χ0n) is 14.1. The Labute approximate surface area is 159 Å². The molecule has 0 spiro atoms. The highest BCUT2D eigenvalue weighted by molar-refractivity contribution is 6.30. The monoisotopic (exact) mass is 372 g/mol. The molecule has 2 aromatic heterocycles. The van der Waals surface area contributed by atoms with E-state index in [4.69, 9.17) is 16.0 Å². The van der Waals surface area contributed by atoms with Gasteiger partial charge in [-0.25, -0.2) is 15.0 Å². The summed E-state index contributed by atoms with van der Waals surface area (Å²) in [5.74, 6) is 1.31. The van der Waals surface area contributed by atoms with Crippen LogP contribution in [0.25, 0.3) is 33.5 Å². The fraction of sp³-hybridized carbons (Fsp3) is 0. The molecule has 5 nitrogen and oxygen atoms in total. The molecule has 0 aliphatic carbocycles. The number of para-hydroxylation sites is 1. The molecule has 0 radical (unpaired) electrons. The van der Waals surface area contributed by atoms with Crippen molar-refractivity contribution >= 4 is 45.1 Å². The first-order valence-corrected chi connectivity index (χ1v) is 8.77. The zero-order chi connectivity index (χ0) is 18.2. The first-order valence-electron chi connectivity index (χ1n) is 8.39. The fourth-order valence-corrected chi connectivity index (χ4v) is 3.09. The number of hydrogen-bond acceptors (Lipinski definition) is 5. The minimum Gasteiger partial charge on any atom is -0.436 e. The molecule has 1 N–H and O–H groups in total. The summed E-state index contributed by atoms with van der Waals surface area (Å²) >= 11 is 5.95. The van der Waals surface area contributed by atoms with E-state index in [-0.39, 0.29) is 0 Å². The highest BCUT2D eigenvalue weighted by Crippen LogP contribution is 2.29. The quantitative estimate of drug-likeness (QED) is 0.431. The van der Waals surface area contributed by atoms with E-state index >= 15 is 0 Å². The van der Waals surface area contributed by atoms with E-state index in [0.29, 0.717) is 16.5 Å². The van der Waals surface area contributed by atoms with Crippen molar-refractivity contribution in [2.24, 2.45) is 0 Å². The third kappa shape index (κ3) is 2.98. The van der Waals surface area contributed by atoms with Gasteiger partial charge in [-0.05, 0) is 48.5 Å².